The number of nitrogens with zero attached hydrogens (tertiary/aromatic N) is 1. The minimum atomic E-state index is -4.15. The lowest BCUT2D eigenvalue weighted by atomic mass is 9.87. The van der Waals surface area contributed by atoms with E-state index in [0.717, 1.165) is 18.4 Å². The highest BCUT2D eigenvalue weighted by molar-refractivity contribution is 7.89. The van der Waals surface area contributed by atoms with Gasteiger partial charge in [0, 0.05) is 32.6 Å². The van der Waals surface area contributed by atoms with Gasteiger partial charge in [0.1, 0.15) is 6.10 Å². The summed E-state index contributed by atoms with van der Waals surface area (Å²) in [5.41, 5.74) is 0.350. The van der Waals surface area contributed by atoms with Gasteiger partial charge >= 0.3 is 6.09 Å². The third kappa shape index (κ3) is 9.38. The van der Waals surface area contributed by atoms with Crippen LogP contribution in [0.5, 0.6) is 11.5 Å². The summed E-state index contributed by atoms with van der Waals surface area (Å²) in [7, 11) is -4.15. The number of ether oxygens (including phenoxy) is 5. The zero-order valence-corrected chi connectivity index (χ0v) is 28.6. The molecule has 5 rings (SSSR count). The first-order valence-electron chi connectivity index (χ1n) is 16.5. The predicted octanol–water partition coefficient (Wildman–Crippen LogP) is 3.20. The number of hydrogen-bond acceptors (Lipinski definition) is 10. The Labute approximate surface area is 282 Å². The largest absolute Gasteiger partial charge is 0.454 e. The topological polar surface area (TPSA) is 162 Å². The van der Waals surface area contributed by atoms with E-state index in [2.05, 4.69) is 10.6 Å². The molecular weight excluding hydrogens is 642 g/mol. The standard InChI is InChI=1S/C34H47N3O10S/c1-23(38)35-15-8-7-14-34(2,3)21-37(48(41,42)25-11-12-29-30(18-25)46-22-45-29)19-28(39)27(17-24-9-5-4-6-10-24)36-33(40)47-31-20-44-32-26(31)13-16-43-32/h4-6,9-12,18,26-28,31-32,39H,7-8,13-17,19-22H2,1-3H3,(H,35,38)(H,36,40)/t26-,27-,28+,31-,32+/m0/s1. The second-order valence-corrected chi connectivity index (χ2v) is 15.3. The summed E-state index contributed by atoms with van der Waals surface area (Å²) in [5, 5.41) is 17.4. The SMILES string of the molecule is CC(=O)NCCCCC(C)(C)CN(C[C@@H](O)[C@H](Cc1ccccc1)NC(=O)O[C@H]1CO[C@H]2OCC[C@H]21)S(=O)(=O)c1ccc2c(c1)OCO2. The highest BCUT2D eigenvalue weighted by Crippen LogP contribution is 2.36. The molecule has 2 aromatic carbocycles. The van der Waals surface area contributed by atoms with Crippen molar-refractivity contribution in [2.75, 3.05) is 39.6 Å². The fraction of sp³-hybridized carbons (Fsp3) is 0.588. The molecule has 264 valence electrons. The fourth-order valence-electron chi connectivity index (χ4n) is 6.34. The van der Waals surface area contributed by atoms with Gasteiger partial charge in [-0.2, -0.15) is 4.31 Å². The average Bonchev–Trinajstić information content (AvgIpc) is 3.79. The smallest absolute Gasteiger partial charge is 0.407 e. The van der Waals surface area contributed by atoms with Gasteiger partial charge < -0.3 is 39.4 Å². The van der Waals surface area contributed by atoms with Crippen LogP contribution in [0.4, 0.5) is 4.79 Å². The summed E-state index contributed by atoms with van der Waals surface area (Å²) in [4.78, 5) is 24.5. The van der Waals surface area contributed by atoms with Crippen molar-refractivity contribution in [3.63, 3.8) is 0 Å². The number of carbonyl (C=O) groups excluding carboxylic acids is 2. The van der Waals surface area contributed by atoms with Gasteiger partial charge in [0.05, 0.1) is 36.2 Å². The van der Waals surface area contributed by atoms with E-state index in [1.807, 2.05) is 44.2 Å². The van der Waals surface area contributed by atoms with Gasteiger partial charge in [-0.1, -0.05) is 50.6 Å². The maximum atomic E-state index is 14.3. The molecule has 48 heavy (non-hydrogen) atoms. The van der Waals surface area contributed by atoms with E-state index in [1.165, 1.54) is 23.4 Å². The van der Waals surface area contributed by atoms with Crippen LogP contribution in [-0.4, -0.2) is 94.0 Å². The highest BCUT2D eigenvalue weighted by atomic mass is 32.2. The van der Waals surface area contributed by atoms with Gasteiger partial charge in [-0.25, -0.2) is 13.2 Å². The lowest BCUT2D eigenvalue weighted by Gasteiger charge is -2.35. The number of benzene rings is 2. The highest BCUT2D eigenvalue weighted by Gasteiger charge is 2.44. The Bertz CT molecular complexity index is 1510. The molecule has 3 aliphatic rings. The van der Waals surface area contributed by atoms with Gasteiger partial charge in [0.2, 0.25) is 22.7 Å². The van der Waals surface area contributed by atoms with E-state index >= 15 is 0 Å². The average molecular weight is 690 g/mol. The van der Waals surface area contributed by atoms with Crippen molar-refractivity contribution >= 4 is 22.0 Å². The molecule has 0 aliphatic carbocycles. The third-order valence-corrected chi connectivity index (χ3v) is 10.7. The molecule has 0 unspecified atom stereocenters. The molecule has 0 saturated carbocycles. The molecule has 3 N–H and O–H groups in total. The zero-order chi connectivity index (χ0) is 34.3. The fourth-order valence-corrected chi connectivity index (χ4v) is 8.00. The van der Waals surface area contributed by atoms with Crippen LogP contribution in [0.1, 0.15) is 52.0 Å². The van der Waals surface area contributed by atoms with Crippen molar-refractivity contribution in [3.8, 4) is 11.5 Å². The van der Waals surface area contributed by atoms with Crippen molar-refractivity contribution in [3.05, 3.63) is 54.1 Å². The zero-order valence-electron chi connectivity index (χ0n) is 27.8. The number of carbonyl (C=O) groups is 2. The van der Waals surface area contributed by atoms with Gasteiger partial charge in [-0.05, 0) is 48.8 Å². The summed E-state index contributed by atoms with van der Waals surface area (Å²) in [6, 6.07) is 12.9. The van der Waals surface area contributed by atoms with Crippen LogP contribution in [0, 0.1) is 11.3 Å². The lowest BCUT2D eigenvalue weighted by Crippen LogP contribution is -2.52. The van der Waals surface area contributed by atoms with E-state index < -0.39 is 46.1 Å². The molecule has 2 aromatic rings. The molecule has 3 heterocycles. The number of nitrogens with one attached hydrogen (secondary N) is 2. The molecular formula is C34H47N3O10S. The molecule has 0 aromatic heterocycles. The lowest BCUT2D eigenvalue weighted by molar-refractivity contribution is -0.118. The first-order chi connectivity index (χ1) is 22.9. The Morgan fingerprint density at radius 2 is 1.85 bits per heavy atom. The molecule has 5 atom stereocenters. The summed E-state index contributed by atoms with van der Waals surface area (Å²) < 4.78 is 57.5. The predicted molar refractivity (Wildman–Crippen MR) is 175 cm³/mol. The maximum absolute atomic E-state index is 14.3. The van der Waals surface area contributed by atoms with Gasteiger partial charge in [-0.3, -0.25) is 4.79 Å². The van der Waals surface area contributed by atoms with Crippen molar-refractivity contribution in [2.24, 2.45) is 11.3 Å². The number of alkyl carbamates (subject to hydrolysis) is 1. The first kappa shape index (κ1) is 35.9. The maximum Gasteiger partial charge on any atom is 0.407 e. The molecule has 0 bridgehead atoms. The normalized spacial score (nSPS) is 21.5. The van der Waals surface area contributed by atoms with Gasteiger partial charge in [-0.15, -0.1) is 0 Å². The summed E-state index contributed by atoms with van der Waals surface area (Å²) in [6.45, 7) is 6.49. The van der Waals surface area contributed by atoms with E-state index in [9.17, 15) is 23.1 Å². The summed E-state index contributed by atoms with van der Waals surface area (Å²) in [6.07, 6.45) is 0.218. The van der Waals surface area contributed by atoms with Crippen LogP contribution < -0.4 is 20.1 Å². The van der Waals surface area contributed by atoms with Gasteiger partial charge in [0.25, 0.3) is 0 Å². The van der Waals surface area contributed by atoms with Crippen LogP contribution in [0.3, 0.4) is 0 Å². The number of fused-ring (bicyclic) bond motifs is 2. The monoisotopic (exact) mass is 689 g/mol. The molecule has 14 heteroatoms. The summed E-state index contributed by atoms with van der Waals surface area (Å²) in [5.74, 6) is 0.621. The van der Waals surface area contributed by atoms with E-state index in [4.69, 9.17) is 23.7 Å². The molecule has 0 spiro atoms. The quantitative estimate of drug-likeness (QED) is 0.223. The number of sulfonamides is 1. The molecule has 13 nitrogen and oxygen atoms in total. The molecule has 2 fully saturated rings. The van der Waals surface area contributed by atoms with Crippen molar-refractivity contribution in [1.82, 2.24) is 14.9 Å². The van der Waals surface area contributed by atoms with Crippen molar-refractivity contribution < 1.29 is 46.8 Å². The molecule has 2 saturated heterocycles. The second kappa shape index (κ2) is 15.9. The number of unbranched alkanes of at least 4 members (excludes halogenated alkanes) is 1. The Hall–Kier alpha value is -3.43. The van der Waals surface area contributed by atoms with Crippen LogP contribution in [0.2, 0.25) is 0 Å². The number of aliphatic hydroxyl groups is 1. The van der Waals surface area contributed by atoms with Crippen molar-refractivity contribution in [1.29, 1.82) is 0 Å². The van der Waals surface area contributed by atoms with Gasteiger partial charge in [0.15, 0.2) is 17.8 Å². The van der Waals surface area contributed by atoms with Crippen molar-refractivity contribution in [2.45, 2.75) is 82.3 Å². The Morgan fingerprint density at radius 1 is 1.08 bits per heavy atom. The summed E-state index contributed by atoms with van der Waals surface area (Å²) >= 11 is 0. The Kier molecular flexibility index (Phi) is 11.8. The number of aliphatic hydroxyl groups excluding tert-OH is 1. The van der Waals surface area contributed by atoms with E-state index in [-0.39, 0.29) is 49.6 Å². The second-order valence-electron chi connectivity index (χ2n) is 13.4. The molecule has 2 amide bonds. The minimum absolute atomic E-state index is 0.00181. The molecule has 3 aliphatic heterocycles. The van der Waals surface area contributed by atoms with Crippen LogP contribution in [0.15, 0.2) is 53.4 Å². The van der Waals surface area contributed by atoms with Crippen LogP contribution in [0.25, 0.3) is 0 Å². The Morgan fingerprint density at radius 3 is 2.62 bits per heavy atom. The third-order valence-electron chi connectivity index (χ3n) is 8.94. The van der Waals surface area contributed by atoms with Crippen LogP contribution >= 0.6 is 0 Å². The number of amides is 2. The van der Waals surface area contributed by atoms with Crippen LogP contribution in [-0.2, 0) is 35.4 Å². The first-order valence-corrected chi connectivity index (χ1v) is 17.9. The number of hydrogen-bond donors (Lipinski definition) is 3. The van der Waals surface area contributed by atoms with E-state index in [0.29, 0.717) is 37.5 Å². The number of rotatable bonds is 16. The van der Waals surface area contributed by atoms with E-state index in [1.54, 1.807) is 6.07 Å². The Balaban J connectivity index is 1.35. The molecule has 0 radical (unpaired) electrons. The minimum Gasteiger partial charge on any atom is -0.454 e.